The van der Waals surface area contributed by atoms with Crippen molar-refractivity contribution in [2.75, 3.05) is 5.32 Å². The number of benzene rings is 1. The third-order valence-corrected chi connectivity index (χ3v) is 3.88. The van der Waals surface area contributed by atoms with Gasteiger partial charge in [0.25, 0.3) is 0 Å². The molecule has 0 spiro atoms. The minimum atomic E-state index is 0.673. The first kappa shape index (κ1) is 13.1. The molecule has 20 heavy (non-hydrogen) atoms. The Balaban J connectivity index is 1.89. The molecule has 1 aromatic carbocycles. The van der Waals surface area contributed by atoms with Crippen LogP contribution in [0.4, 0.5) is 5.69 Å². The van der Waals surface area contributed by atoms with Crippen LogP contribution in [0.1, 0.15) is 12.7 Å². The SMILES string of the molecule is CCn1c(CNc2cccnc2Br)nc2ccccc21. The maximum absolute atomic E-state index is 4.69. The molecule has 0 unspecified atom stereocenters. The van der Waals surface area contributed by atoms with E-state index in [0.29, 0.717) is 6.54 Å². The number of hydrogen-bond acceptors (Lipinski definition) is 3. The predicted octanol–water partition coefficient (Wildman–Crippen LogP) is 3.83. The molecule has 3 aromatic rings. The fourth-order valence-electron chi connectivity index (χ4n) is 2.31. The lowest BCUT2D eigenvalue weighted by Crippen LogP contribution is -2.08. The molecule has 0 radical (unpaired) electrons. The number of rotatable bonds is 4. The highest BCUT2D eigenvalue weighted by atomic mass is 79.9. The Morgan fingerprint density at radius 3 is 2.85 bits per heavy atom. The van der Waals surface area contributed by atoms with Gasteiger partial charge in [-0.3, -0.25) is 0 Å². The molecule has 3 rings (SSSR count). The van der Waals surface area contributed by atoms with E-state index >= 15 is 0 Å². The maximum atomic E-state index is 4.69. The molecule has 0 saturated heterocycles. The average molecular weight is 331 g/mol. The van der Waals surface area contributed by atoms with E-state index in [1.807, 2.05) is 30.3 Å². The van der Waals surface area contributed by atoms with Gasteiger partial charge < -0.3 is 9.88 Å². The molecular formula is C15H15BrN4. The summed E-state index contributed by atoms with van der Waals surface area (Å²) in [5, 5.41) is 3.37. The Morgan fingerprint density at radius 2 is 2.05 bits per heavy atom. The Bertz CT molecular complexity index is 736. The molecule has 2 aromatic heterocycles. The highest BCUT2D eigenvalue weighted by Gasteiger charge is 2.09. The second-order valence-corrected chi connectivity index (χ2v) is 5.21. The summed E-state index contributed by atoms with van der Waals surface area (Å²) in [7, 11) is 0. The van der Waals surface area contributed by atoms with Crippen molar-refractivity contribution in [1.29, 1.82) is 0 Å². The van der Waals surface area contributed by atoms with Gasteiger partial charge in [-0.1, -0.05) is 12.1 Å². The highest BCUT2D eigenvalue weighted by Crippen LogP contribution is 2.20. The van der Waals surface area contributed by atoms with Crippen LogP contribution in [-0.4, -0.2) is 14.5 Å². The summed E-state index contributed by atoms with van der Waals surface area (Å²) >= 11 is 3.44. The first-order valence-electron chi connectivity index (χ1n) is 6.58. The zero-order chi connectivity index (χ0) is 13.9. The van der Waals surface area contributed by atoms with E-state index in [0.717, 1.165) is 28.2 Å². The molecule has 0 saturated carbocycles. The van der Waals surface area contributed by atoms with Crippen molar-refractivity contribution in [3.05, 3.63) is 53.0 Å². The van der Waals surface area contributed by atoms with Crippen molar-refractivity contribution in [1.82, 2.24) is 14.5 Å². The number of para-hydroxylation sites is 2. The van der Waals surface area contributed by atoms with Gasteiger partial charge in [-0.05, 0) is 47.1 Å². The van der Waals surface area contributed by atoms with Crippen LogP contribution < -0.4 is 5.32 Å². The Hall–Kier alpha value is -1.88. The minimum Gasteiger partial charge on any atom is -0.376 e. The van der Waals surface area contributed by atoms with E-state index in [4.69, 9.17) is 4.98 Å². The minimum absolute atomic E-state index is 0.673. The molecule has 0 fully saturated rings. The van der Waals surface area contributed by atoms with Crippen molar-refractivity contribution in [2.24, 2.45) is 0 Å². The number of nitrogens with one attached hydrogen (secondary N) is 1. The summed E-state index contributed by atoms with van der Waals surface area (Å²) < 4.78 is 3.05. The van der Waals surface area contributed by atoms with Crippen LogP contribution in [0.15, 0.2) is 47.2 Å². The van der Waals surface area contributed by atoms with Gasteiger partial charge in [0, 0.05) is 12.7 Å². The molecular weight excluding hydrogens is 316 g/mol. The van der Waals surface area contributed by atoms with Crippen LogP contribution in [0.5, 0.6) is 0 Å². The van der Waals surface area contributed by atoms with Crippen molar-refractivity contribution < 1.29 is 0 Å². The third kappa shape index (κ3) is 2.41. The molecule has 2 heterocycles. The van der Waals surface area contributed by atoms with E-state index in [1.54, 1.807) is 6.20 Å². The predicted molar refractivity (Wildman–Crippen MR) is 84.7 cm³/mol. The van der Waals surface area contributed by atoms with E-state index in [-0.39, 0.29) is 0 Å². The van der Waals surface area contributed by atoms with Crippen molar-refractivity contribution >= 4 is 32.7 Å². The average Bonchev–Trinajstić information content (AvgIpc) is 2.84. The molecule has 4 nitrogen and oxygen atoms in total. The number of halogens is 1. The van der Waals surface area contributed by atoms with Crippen LogP contribution in [0.25, 0.3) is 11.0 Å². The Morgan fingerprint density at radius 1 is 1.20 bits per heavy atom. The summed E-state index contributed by atoms with van der Waals surface area (Å²) in [6, 6.07) is 12.1. The quantitative estimate of drug-likeness (QED) is 0.739. The summed E-state index contributed by atoms with van der Waals surface area (Å²) in [5.41, 5.74) is 3.19. The molecule has 0 bridgehead atoms. The Kier molecular flexibility index (Phi) is 3.69. The van der Waals surface area contributed by atoms with Gasteiger partial charge in [-0.15, -0.1) is 0 Å². The van der Waals surface area contributed by atoms with Crippen LogP contribution in [-0.2, 0) is 13.1 Å². The number of anilines is 1. The molecule has 1 N–H and O–H groups in total. The number of hydrogen-bond donors (Lipinski definition) is 1. The van der Waals surface area contributed by atoms with Crippen molar-refractivity contribution in [2.45, 2.75) is 20.0 Å². The second-order valence-electron chi connectivity index (χ2n) is 4.46. The first-order chi connectivity index (χ1) is 9.79. The number of imidazole rings is 1. The van der Waals surface area contributed by atoms with Gasteiger partial charge in [0.05, 0.1) is 23.3 Å². The van der Waals surface area contributed by atoms with Gasteiger partial charge >= 0.3 is 0 Å². The van der Waals surface area contributed by atoms with Crippen LogP contribution in [0.3, 0.4) is 0 Å². The van der Waals surface area contributed by atoms with Gasteiger partial charge in [0.15, 0.2) is 0 Å². The molecule has 102 valence electrons. The van der Waals surface area contributed by atoms with E-state index < -0.39 is 0 Å². The fraction of sp³-hybridized carbons (Fsp3) is 0.200. The van der Waals surface area contributed by atoms with Crippen molar-refractivity contribution in [3.63, 3.8) is 0 Å². The molecule has 5 heteroatoms. The van der Waals surface area contributed by atoms with Gasteiger partial charge in [-0.25, -0.2) is 9.97 Å². The summed E-state index contributed by atoms with van der Waals surface area (Å²) in [5.74, 6) is 1.03. The molecule has 0 amide bonds. The van der Waals surface area contributed by atoms with Crippen LogP contribution >= 0.6 is 15.9 Å². The van der Waals surface area contributed by atoms with Crippen molar-refractivity contribution in [3.8, 4) is 0 Å². The molecule has 0 aliphatic rings. The number of nitrogens with zero attached hydrogens (tertiary/aromatic N) is 3. The standard InChI is InChI=1S/C15H15BrN4/c1-2-20-13-8-4-3-6-11(13)19-14(20)10-18-12-7-5-9-17-15(12)16/h3-9,18H,2,10H2,1H3. The van der Waals surface area contributed by atoms with E-state index in [1.165, 1.54) is 5.52 Å². The topological polar surface area (TPSA) is 42.7 Å². The van der Waals surface area contributed by atoms with Gasteiger partial charge in [-0.2, -0.15) is 0 Å². The summed E-state index contributed by atoms with van der Waals surface area (Å²) in [6.07, 6.45) is 1.76. The number of pyridine rings is 1. The highest BCUT2D eigenvalue weighted by molar-refractivity contribution is 9.10. The number of aromatic nitrogens is 3. The smallest absolute Gasteiger partial charge is 0.129 e. The third-order valence-electron chi connectivity index (χ3n) is 3.25. The number of fused-ring (bicyclic) bond motifs is 1. The monoisotopic (exact) mass is 330 g/mol. The van der Waals surface area contributed by atoms with Crippen LogP contribution in [0.2, 0.25) is 0 Å². The fourth-order valence-corrected chi connectivity index (χ4v) is 2.70. The second kappa shape index (κ2) is 5.63. The van der Waals surface area contributed by atoms with Gasteiger partial charge in [0.2, 0.25) is 0 Å². The first-order valence-corrected chi connectivity index (χ1v) is 7.37. The van der Waals surface area contributed by atoms with Crippen LogP contribution in [0, 0.1) is 0 Å². The largest absolute Gasteiger partial charge is 0.376 e. The number of aryl methyl sites for hydroxylation is 1. The molecule has 0 atom stereocenters. The lowest BCUT2D eigenvalue weighted by atomic mass is 10.3. The zero-order valence-electron chi connectivity index (χ0n) is 11.2. The zero-order valence-corrected chi connectivity index (χ0v) is 12.8. The van der Waals surface area contributed by atoms with E-state index in [9.17, 15) is 0 Å². The summed E-state index contributed by atoms with van der Waals surface area (Å²) in [4.78, 5) is 8.90. The molecule has 0 aliphatic carbocycles. The Labute approximate surface area is 126 Å². The lowest BCUT2D eigenvalue weighted by molar-refractivity contribution is 0.728. The van der Waals surface area contributed by atoms with E-state index in [2.05, 4.69) is 43.8 Å². The maximum Gasteiger partial charge on any atom is 0.129 e. The normalized spacial score (nSPS) is 10.9. The lowest BCUT2D eigenvalue weighted by Gasteiger charge is -2.09. The summed E-state index contributed by atoms with van der Waals surface area (Å²) in [6.45, 7) is 3.72. The molecule has 0 aliphatic heterocycles. The van der Waals surface area contributed by atoms with Gasteiger partial charge in [0.1, 0.15) is 10.4 Å².